The van der Waals surface area contributed by atoms with Crippen molar-refractivity contribution in [2.75, 3.05) is 13.6 Å². The molecule has 0 atom stereocenters. The lowest BCUT2D eigenvalue weighted by Gasteiger charge is -2.08. The molecule has 1 saturated heterocycles. The Hall–Kier alpha value is -1.25. The van der Waals surface area contributed by atoms with Gasteiger partial charge in [0.15, 0.2) is 0 Å². The van der Waals surface area contributed by atoms with Gasteiger partial charge in [-0.25, -0.2) is 0 Å². The minimum absolute atomic E-state index is 0.377. The standard InChI is InChI=1S/C12H10F3IN2O/c1-18-7-10(6-16)19-11(18)17-9-4-2-8(3-5-9)12(13,14)15/h2-6H,7H2,1H3/b10-6+,17-11?. The van der Waals surface area contributed by atoms with Gasteiger partial charge in [0, 0.05) is 11.1 Å². The molecule has 1 aromatic rings. The summed E-state index contributed by atoms with van der Waals surface area (Å²) < 4.78 is 44.4. The largest absolute Gasteiger partial charge is 0.428 e. The zero-order valence-electron chi connectivity index (χ0n) is 9.91. The molecule has 1 aromatic carbocycles. The van der Waals surface area contributed by atoms with Gasteiger partial charge in [-0.05, 0) is 46.9 Å². The molecule has 19 heavy (non-hydrogen) atoms. The van der Waals surface area contributed by atoms with Crippen LogP contribution in [-0.4, -0.2) is 24.5 Å². The average molecular weight is 382 g/mol. The fourth-order valence-corrected chi connectivity index (χ4v) is 1.85. The molecule has 0 aliphatic carbocycles. The average Bonchev–Trinajstić information content (AvgIpc) is 2.70. The van der Waals surface area contributed by atoms with Crippen LogP contribution in [0.4, 0.5) is 18.9 Å². The van der Waals surface area contributed by atoms with Crippen LogP contribution in [0.25, 0.3) is 0 Å². The number of alkyl halides is 3. The first-order chi connectivity index (χ1) is 8.90. The number of ether oxygens (including phenoxy) is 1. The monoisotopic (exact) mass is 382 g/mol. The van der Waals surface area contributed by atoms with Gasteiger partial charge in [0.1, 0.15) is 5.76 Å². The molecule has 1 aliphatic heterocycles. The van der Waals surface area contributed by atoms with Crippen LogP contribution in [0.2, 0.25) is 0 Å². The Morgan fingerprint density at radius 1 is 1.32 bits per heavy atom. The Bertz CT molecular complexity index is 523. The molecule has 0 unspecified atom stereocenters. The van der Waals surface area contributed by atoms with E-state index >= 15 is 0 Å². The first-order valence-corrected chi connectivity index (χ1v) is 6.59. The van der Waals surface area contributed by atoms with E-state index in [1.165, 1.54) is 12.1 Å². The van der Waals surface area contributed by atoms with Crippen LogP contribution in [0.5, 0.6) is 0 Å². The summed E-state index contributed by atoms with van der Waals surface area (Å²) in [5, 5.41) is 0. The molecule has 7 heteroatoms. The summed E-state index contributed by atoms with van der Waals surface area (Å²) in [6.07, 6.45) is -4.33. The number of hydrogen-bond donors (Lipinski definition) is 0. The van der Waals surface area contributed by atoms with Crippen molar-refractivity contribution in [3.8, 4) is 0 Å². The summed E-state index contributed by atoms with van der Waals surface area (Å²) in [5.41, 5.74) is -0.269. The van der Waals surface area contributed by atoms with E-state index in [2.05, 4.69) is 27.6 Å². The molecule has 3 nitrogen and oxygen atoms in total. The molecule has 0 N–H and O–H groups in total. The van der Waals surface area contributed by atoms with Crippen LogP contribution < -0.4 is 0 Å². The number of rotatable bonds is 1. The lowest BCUT2D eigenvalue weighted by atomic mass is 10.2. The molecule has 0 amide bonds. The number of amidine groups is 1. The second-order valence-electron chi connectivity index (χ2n) is 3.97. The SMILES string of the molecule is CN1C/C(=C\I)OC1=Nc1ccc(C(F)(F)F)cc1. The second-order valence-corrected chi connectivity index (χ2v) is 4.60. The van der Waals surface area contributed by atoms with Gasteiger partial charge in [0.2, 0.25) is 0 Å². The quantitative estimate of drug-likeness (QED) is 0.688. The van der Waals surface area contributed by atoms with Crippen LogP contribution in [-0.2, 0) is 10.9 Å². The summed E-state index contributed by atoms with van der Waals surface area (Å²) in [6.45, 7) is 0.600. The summed E-state index contributed by atoms with van der Waals surface area (Å²) in [6, 6.07) is 5.02. The van der Waals surface area contributed by atoms with Gasteiger partial charge >= 0.3 is 6.18 Å². The fraction of sp³-hybridized carbons (Fsp3) is 0.250. The lowest BCUT2D eigenvalue weighted by Crippen LogP contribution is -2.19. The normalized spacial score (nSPS) is 20.2. The van der Waals surface area contributed by atoms with Crippen LogP contribution in [0.15, 0.2) is 39.1 Å². The molecule has 0 radical (unpaired) electrons. The molecule has 0 saturated carbocycles. The zero-order chi connectivity index (χ0) is 14.0. The smallest absolute Gasteiger partial charge is 0.416 e. The lowest BCUT2D eigenvalue weighted by molar-refractivity contribution is -0.137. The van der Waals surface area contributed by atoms with Crippen molar-refractivity contribution >= 4 is 34.3 Å². The molecule has 0 spiro atoms. The van der Waals surface area contributed by atoms with Crippen molar-refractivity contribution < 1.29 is 17.9 Å². The summed E-state index contributed by atoms with van der Waals surface area (Å²) in [5.74, 6) is 0.758. The summed E-state index contributed by atoms with van der Waals surface area (Å²) >= 11 is 2.06. The predicted molar refractivity (Wildman–Crippen MR) is 74.4 cm³/mol. The van der Waals surface area contributed by atoms with E-state index in [1.54, 1.807) is 16.0 Å². The van der Waals surface area contributed by atoms with Crippen molar-refractivity contribution in [2.45, 2.75) is 6.18 Å². The number of likely N-dealkylation sites (N-methyl/N-ethyl adjacent to an activating group) is 1. The number of benzene rings is 1. The number of nitrogens with zero attached hydrogens (tertiary/aromatic N) is 2. The maximum atomic E-state index is 12.4. The predicted octanol–water partition coefficient (Wildman–Crippen LogP) is 3.93. The first-order valence-electron chi connectivity index (χ1n) is 5.34. The summed E-state index contributed by atoms with van der Waals surface area (Å²) in [7, 11) is 1.80. The Balaban J connectivity index is 2.20. The van der Waals surface area contributed by atoms with Crippen molar-refractivity contribution in [1.82, 2.24) is 4.90 Å². The fourth-order valence-electron chi connectivity index (χ4n) is 1.53. The maximum absolute atomic E-state index is 12.4. The highest BCUT2D eigenvalue weighted by molar-refractivity contribution is 14.1. The summed E-state index contributed by atoms with van der Waals surface area (Å²) in [4.78, 5) is 5.95. The van der Waals surface area contributed by atoms with Crippen LogP contribution in [0, 0.1) is 0 Å². The van der Waals surface area contributed by atoms with Gasteiger partial charge in [-0.1, -0.05) is 0 Å². The van der Waals surface area contributed by atoms with Crippen molar-refractivity contribution in [1.29, 1.82) is 0 Å². The molecule has 0 bridgehead atoms. The van der Waals surface area contributed by atoms with E-state index in [4.69, 9.17) is 4.74 Å². The van der Waals surface area contributed by atoms with Gasteiger partial charge in [-0.2, -0.15) is 18.2 Å². The number of aliphatic imine (C=N–C) groups is 1. The second kappa shape index (κ2) is 5.40. The third kappa shape index (κ3) is 3.40. The van der Waals surface area contributed by atoms with E-state index in [1.807, 2.05) is 0 Å². The van der Waals surface area contributed by atoms with Crippen molar-refractivity contribution in [3.63, 3.8) is 0 Å². The Morgan fingerprint density at radius 2 is 1.95 bits per heavy atom. The Morgan fingerprint density at radius 3 is 2.42 bits per heavy atom. The van der Waals surface area contributed by atoms with Gasteiger partial charge in [0.05, 0.1) is 17.8 Å². The number of hydrogen-bond acceptors (Lipinski definition) is 2. The van der Waals surface area contributed by atoms with Crippen molar-refractivity contribution in [2.24, 2.45) is 4.99 Å². The molecule has 1 heterocycles. The Labute approximate surface area is 121 Å². The van der Waals surface area contributed by atoms with Crippen LogP contribution >= 0.6 is 22.6 Å². The highest BCUT2D eigenvalue weighted by Crippen LogP contribution is 2.30. The highest BCUT2D eigenvalue weighted by Gasteiger charge is 2.30. The molecular formula is C12H10F3IN2O. The minimum atomic E-state index is -4.33. The van der Waals surface area contributed by atoms with Gasteiger partial charge in [0.25, 0.3) is 6.02 Å². The van der Waals surface area contributed by atoms with E-state index in [-0.39, 0.29) is 0 Å². The molecule has 1 aliphatic rings. The van der Waals surface area contributed by atoms with Crippen molar-refractivity contribution in [3.05, 3.63) is 39.7 Å². The zero-order valence-corrected chi connectivity index (χ0v) is 12.1. The topological polar surface area (TPSA) is 24.8 Å². The van der Waals surface area contributed by atoms with Gasteiger partial charge in [-0.15, -0.1) is 0 Å². The molecule has 1 fully saturated rings. The molecular weight excluding hydrogens is 372 g/mol. The van der Waals surface area contributed by atoms with E-state index in [9.17, 15) is 13.2 Å². The molecule has 102 valence electrons. The maximum Gasteiger partial charge on any atom is 0.416 e. The third-order valence-corrected chi connectivity index (χ3v) is 3.18. The van der Waals surface area contributed by atoms with Crippen LogP contribution in [0.1, 0.15) is 5.56 Å². The van der Waals surface area contributed by atoms with Crippen LogP contribution in [0.3, 0.4) is 0 Å². The highest BCUT2D eigenvalue weighted by atomic mass is 127. The minimum Gasteiger partial charge on any atom is -0.428 e. The van der Waals surface area contributed by atoms with Gasteiger partial charge < -0.3 is 9.64 Å². The van der Waals surface area contributed by atoms with E-state index < -0.39 is 11.7 Å². The molecule has 2 rings (SSSR count). The first kappa shape index (κ1) is 14.2. The van der Waals surface area contributed by atoms with E-state index in [0.717, 1.165) is 17.9 Å². The van der Waals surface area contributed by atoms with Gasteiger partial charge in [-0.3, -0.25) is 0 Å². The number of halogens is 4. The third-order valence-electron chi connectivity index (χ3n) is 2.48. The molecule has 0 aromatic heterocycles. The Kier molecular flexibility index (Phi) is 4.02. The van der Waals surface area contributed by atoms with E-state index in [0.29, 0.717) is 18.3 Å².